The SMILES string of the molecule is COc1ccc(C)cc1S(=O)(=O)N(N[C@@H]1CCS(=O)(=O)C1)[C@@H]1CCS(=O)(=O)C1. The summed E-state index contributed by atoms with van der Waals surface area (Å²) in [6, 6.07) is 3.28. The van der Waals surface area contributed by atoms with Gasteiger partial charge in [0.1, 0.15) is 10.6 Å². The van der Waals surface area contributed by atoms with Crippen molar-refractivity contribution in [3.63, 3.8) is 0 Å². The Hall–Kier alpha value is -1.21. The molecule has 28 heavy (non-hydrogen) atoms. The van der Waals surface area contributed by atoms with Crippen molar-refractivity contribution in [2.75, 3.05) is 30.1 Å². The molecule has 0 bridgehead atoms. The number of hydrogen-bond donors (Lipinski definition) is 1. The van der Waals surface area contributed by atoms with E-state index in [0.29, 0.717) is 5.56 Å². The van der Waals surface area contributed by atoms with Gasteiger partial charge >= 0.3 is 0 Å². The van der Waals surface area contributed by atoms with Crippen LogP contribution >= 0.6 is 0 Å². The molecular formula is C16H24N2O7S3. The lowest BCUT2D eigenvalue weighted by Crippen LogP contribution is -2.54. The third-order valence-electron chi connectivity index (χ3n) is 4.94. The monoisotopic (exact) mass is 452 g/mol. The number of rotatable bonds is 6. The van der Waals surface area contributed by atoms with Crippen molar-refractivity contribution in [2.24, 2.45) is 0 Å². The molecule has 0 amide bonds. The highest BCUT2D eigenvalue weighted by Gasteiger charge is 2.42. The van der Waals surface area contributed by atoms with E-state index >= 15 is 0 Å². The van der Waals surface area contributed by atoms with Gasteiger partial charge in [0.05, 0.1) is 36.2 Å². The van der Waals surface area contributed by atoms with Crippen molar-refractivity contribution in [3.8, 4) is 5.75 Å². The highest BCUT2D eigenvalue weighted by molar-refractivity contribution is 7.92. The van der Waals surface area contributed by atoms with E-state index in [4.69, 9.17) is 4.74 Å². The number of ether oxygens (including phenoxy) is 1. The summed E-state index contributed by atoms with van der Waals surface area (Å²) in [5, 5.41) is 0. The molecular weight excluding hydrogens is 428 g/mol. The van der Waals surface area contributed by atoms with Gasteiger partial charge in [0.25, 0.3) is 10.0 Å². The van der Waals surface area contributed by atoms with Crippen molar-refractivity contribution < 1.29 is 30.0 Å². The molecule has 2 fully saturated rings. The Labute approximate surface area is 165 Å². The normalized spacial score (nSPS) is 26.5. The fourth-order valence-corrected chi connectivity index (χ4v) is 8.77. The zero-order valence-corrected chi connectivity index (χ0v) is 18.1. The quantitative estimate of drug-likeness (QED) is 0.592. The van der Waals surface area contributed by atoms with Crippen LogP contribution in [0.4, 0.5) is 0 Å². The number of nitrogens with zero attached hydrogens (tertiary/aromatic N) is 1. The summed E-state index contributed by atoms with van der Waals surface area (Å²) in [6.45, 7) is 1.74. The zero-order valence-electron chi connectivity index (χ0n) is 15.7. The lowest BCUT2D eigenvalue weighted by Gasteiger charge is -2.31. The lowest BCUT2D eigenvalue weighted by molar-refractivity contribution is 0.228. The Morgan fingerprint density at radius 2 is 1.71 bits per heavy atom. The van der Waals surface area contributed by atoms with Crippen molar-refractivity contribution in [1.82, 2.24) is 9.84 Å². The van der Waals surface area contributed by atoms with Gasteiger partial charge in [0.2, 0.25) is 0 Å². The third kappa shape index (κ3) is 4.51. The summed E-state index contributed by atoms with van der Waals surface area (Å²) >= 11 is 0. The van der Waals surface area contributed by atoms with Crippen LogP contribution in [0.25, 0.3) is 0 Å². The smallest absolute Gasteiger partial charge is 0.259 e. The van der Waals surface area contributed by atoms with Gasteiger partial charge in [-0.2, -0.15) is 0 Å². The number of hydrazine groups is 1. The van der Waals surface area contributed by atoms with Crippen LogP contribution in [-0.4, -0.2) is 71.9 Å². The van der Waals surface area contributed by atoms with Crippen LogP contribution in [0, 0.1) is 6.92 Å². The van der Waals surface area contributed by atoms with Gasteiger partial charge in [-0.15, -0.1) is 4.41 Å². The van der Waals surface area contributed by atoms with E-state index in [9.17, 15) is 25.3 Å². The number of benzene rings is 1. The number of nitrogens with one attached hydrogen (secondary N) is 1. The maximum Gasteiger partial charge on any atom is 0.259 e. The summed E-state index contributed by atoms with van der Waals surface area (Å²) in [6.07, 6.45) is 0.404. The van der Waals surface area contributed by atoms with E-state index in [0.717, 1.165) is 4.41 Å². The van der Waals surface area contributed by atoms with Gasteiger partial charge in [0.15, 0.2) is 19.7 Å². The average Bonchev–Trinajstić information content (AvgIpc) is 3.13. The summed E-state index contributed by atoms with van der Waals surface area (Å²) in [5.41, 5.74) is 3.50. The molecule has 0 aromatic heterocycles. The molecule has 2 heterocycles. The van der Waals surface area contributed by atoms with E-state index < -0.39 is 41.8 Å². The Morgan fingerprint density at radius 3 is 2.25 bits per heavy atom. The molecule has 2 saturated heterocycles. The van der Waals surface area contributed by atoms with E-state index in [1.54, 1.807) is 13.0 Å². The molecule has 1 aromatic carbocycles. The second-order valence-corrected chi connectivity index (χ2v) is 13.5. The topological polar surface area (TPSA) is 127 Å². The molecule has 3 rings (SSSR count). The summed E-state index contributed by atoms with van der Waals surface area (Å²) in [5.74, 6) is -0.512. The van der Waals surface area contributed by atoms with Crippen LogP contribution in [0.3, 0.4) is 0 Å². The zero-order chi connectivity index (χ0) is 20.7. The minimum atomic E-state index is -4.19. The van der Waals surface area contributed by atoms with Gasteiger partial charge in [-0.1, -0.05) is 6.07 Å². The summed E-state index contributed by atoms with van der Waals surface area (Å²) in [7, 11) is -9.44. The Morgan fingerprint density at radius 1 is 1.07 bits per heavy atom. The first-order chi connectivity index (χ1) is 12.9. The molecule has 1 N–H and O–H groups in total. The van der Waals surface area contributed by atoms with Gasteiger partial charge in [-0.25, -0.2) is 30.7 Å². The molecule has 2 aliphatic rings. The molecule has 158 valence electrons. The van der Waals surface area contributed by atoms with Crippen LogP contribution < -0.4 is 10.2 Å². The summed E-state index contributed by atoms with van der Waals surface area (Å²) in [4.78, 5) is -0.0901. The minimum absolute atomic E-state index is 0.0325. The van der Waals surface area contributed by atoms with Gasteiger partial charge in [-0.3, -0.25) is 0 Å². The highest BCUT2D eigenvalue weighted by Crippen LogP contribution is 2.31. The van der Waals surface area contributed by atoms with Crippen LogP contribution in [0.5, 0.6) is 5.75 Å². The molecule has 0 unspecified atom stereocenters. The third-order valence-corrected chi connectivity index (χ3v) is 10.3. The predicted molar refractivity (Wildman–Crippen MR) is 104 cm³/mol. The Balaban J connectivity index is 2.01. The predicted octanol–water partition coefficient (Wildman–Crippen LogP) is -0.127. The van der Waals surface area contributed by atoms with Gasteiger partial charge in [-0.05, 0) is 37.5 Å². The van der Waals surface area contributed by atoms with E-state index in [2.05, 4.69) is 5.43 Å². The largest absolute Gasteiger partial charge is 0.495 e. The van der Waals surface area contributed by atoms with Crippen molar-refractivity contribution in [3.05, 3.63) is 23.8 Å². The molecule has 9 nitrogen and oxygen atoms in total. The Bertz CT molecular complexity index is 1070. The second-order valence-electron chi connectivity index (χ2n) is 7.24. The maximum atomic E-state index is 13.5. The number of methoxy groups -OCH3 is 1. The van der Waals surface area contributed by atoms with E-state index in [1.807, 2.05) is 0 Å². The van der Waals surface area contributed by atoms with Crippen LogP contribution in [0.2, 0.25) is 0 Å². The molecule has 2 atom stereocenters. The molecule has 2 aliphatic heterocycles. The van der Waals surface area contributed by atoms with Gasteiger partial charge in [0, 0.05) is 6.04 Å². The average molecular weight is 453 g/mol. The molecule has 0 spiro atoms. The molecule has 0 saturated carbocycles. The molecule has 0 radical (unpaired) electrons. The highest BCUT2D eigenvalue weighted by atomic mass is 32.2. The molecule has 1 aromatic rings. The van der Waals surface area contributed by atoms with Crippen molar-refractivity contribution in [1.29, 1.82) is 0 Å². The summed E-state index contributed by atoms with van der Waals surface area (Å²) < 4.78 is 80.5. The Kier molecular flexibility index (Phi) is 5.80. The first-order valence-corrected chi connectivity index (χ1v) is 13.9. The fraction of sp³-hybridized carbons (Fsp3) is 0.625. The maximum absolute atomic E-state index is 13.5. The van der Waals surface area contributed by atoms with Crippen LogP contribution in [-0.2, 0) is 29.7 Å². The molecule has 12 heteroatoms. The van der Waals surface area contributed by atoms with Crippen LogP contribution in [0.15, 0.2) is 23.1 Å². The van der Waals surface area contributed by atoms with Gasteiger partial charge < -0.3 is 4.74 Å². The van der Waals surface area contributed by atoms with Crippen LogP contribution in [0.1, 0.15) is 18.4 Å². The first-order valence-electron chi connectivity index (χ1n) is 8.80. The van der Waals surface area contributed by atoms with Crippen molar-refractivity contribution in [2.45, 2.75) is 36.7 Å². The lowest BCUT2D eigenvalue weighted by atomic mass is 10.2. The standard InChI is InChI=1S/C16H24N2O7S3/c1-12-3-4-15(25-2)16(9-12)28(23,24)18(14-6-8-27(21,22)11-14)17-13-5-7-26(19,20)10-13/h3-4,9,13-14,17H,5-8,10-11H2,1-2H3/t13-,14-/m1/s1. The number of aryl methyl sites for hydroxylation is 1. The van der Waals surface area contributed by atoms with E-state index in [1.165, 1.54) is 19.2 Å². The first kappa shape index (κ1) is 21.5. The van der Waals surface area contributed by atoms with Crippen molar-refractivity contribution >= 4 is 29.7 Å². The number of sulfonamides is 1. The second kappa shape index (κ2) is 7.56. The number of hydrogen-bond acceptors (Lipinski definition) is 8. The van der Waals surface area contributed by atoms with E-state index in [-0.39, 0.29) is 46.5 Å². The number of sulfone groups is 2. The fourth-order valence-electron chi connectivity index (χ4n) is 3.50. The minimum Gasteiger partial charge on any atom is -0.495 e. The molecule has 0 aliphatic carbocycles.